The molecule has 0 saturated heterocycles. The lowest BCUT2D eigenvalue weighted by atomic mass is 10.0. The first-order chi connectivity index (χ1) is 14.9. The number of carbonyl (C=O) groups excluding carboxylic acids is 1. The lowest BCUT2D eigenvalue weighted by Gasteiger charge is -2.18. The number of fused-ring (bicyclic) bond motifs is 1. The Labute approximate surface area is 179 Å². The van der Waals surface area contributed by atoms with Crippen LogP contribution in [0.15, 0.2) is 54.6 Å². The number of ether oxygens (including phenoxy) is 3. The van der Waals surface area contributed by atoms with Gasteiger partial charge in [-0.2, -0.15) is 0 Å². The maximum absolute atomic E-state index is 12.7. The quantitative estimate of drug-likeness (QED) is 0.541. The Kier molecular flexibility index (Phi) is 6.45. The number of allylic oxidation sites excluding steroid dienone is 1. The summed E-state index contributed by atoms with van der Waals surface area (Å²) < 4.78 is 15.8. The van der Waals surface area contributed by atoms with Crippen molar-refractivity contribution in [2.75, 3.05) is 26.6 Å². The van der Waals surface area contributed by atoms with Gasteiger partial charge in [-0.25, -0.2) is 4.79 Å². The van der Waals surface area contributed by atoms with E-state index in [1.165, 1.54) is 33.5 Å². The number of benzene rings is 3. The molecule has 0 atom stereocenters. The van der Waals surface area contributed by atoms with Crippen molar-refractivity contribution >= 4 is 33.9 Å². The Balaban J connectivity index is 1.98. The van der Waals surface area contributed by atoms with Crippen LogP contribution < -0.4 is 19.5 Å². The largest absolute Gasteiger partial charge is 0.493 e. The molecule has 0 fully saturated rings. The third-order valence-electron chi connectivity index (χ3n) is 4.86. The molecule has 2 N–H and O–H groups in total. The molecule has 3 aromatic carbocycles. The van der Waals surface area contributed by atoms with Crippen LogP contribution in [-0.2, 0) is 4.79 Å². The number of nitrogens with one attached hydrogen (secondary N) is 1. The molecule has 31 heavy (non-hydrogen) atoms. The highest BCUT2D eigenvalue weighted by molar-refractivity contribution is 6.09. The first kappa shape index (κ1) is 21.7. The summed E-state index contributed by atoms with van der Waals surface area (Å²) in [4.78, 5) is 24.5. The Morgan fingerprint density at radius 2 is 1.58 bits per heavy atom. The lowest BCUT2D eigenvalue weighted by molar-refractivity contribution is -0.111. The van der Waals surface area contributed by atoms with E-state index in [4.69, 9.17) is 14.2 Å². The SMILES string of the molecule is COc1cc(C(=O)O)c(NC(=O)/C=C(/C)c2ccc3ccccc3c2)c(OC)c1OC. The van der Waals surface area contributed by atoms with E-state index in [-0.39, 0.29) is 28.5 Å². The average Bonchev–Trinajstić information content (AvgIpc) is 2.77. The minimum atomic E-state index is -1.25. The molecule has 0 aliphatic rings. The molecule has 0 radical (unpaired) electrons. The summed E-state index contributed by atoms with van der Waals surface area (Å²) in [5.41, 5.74) is 1.41. The fraction of sp³-hybridized carbons (Fsp3) is 0.167. The Morgan fingerprint density at radius 3 is 2.19 bits per heavy atom. The molecular formula is C24H23NO6. The highest BCUT2D eigenvalue weighted by Crippen LogP contribution is 2.45. The Morgan fingerprint density at radius 1 is 0.903 bits per heavy atom. The van der Waals surface area contributed by atoms with E-state index in [1.807, 2.05) is 49.4 Å². The van der Waals surface area contributed by atoms with Gasteiger partial charge in [0.1, 0.15) is 5.69 Å². The summed E-state index contributed by atoms with van der Waals surface area (Å²) in [5, 5.41) is 14.4. The zero-order valence-electron chi connectivity index (χ0n) is 17.7. The van der Waals surface area contributed by atoms with E-state index in [0.29, 0.717) is 0 Å². The van der Waals surface area contributed by atoms with Crippen molar-refractivity contribution in [1.82, 2.24) is 0 Å². The highest BCUT2D eigenvalue weighted by atomic mass is 16.5. The first-order valence-electron chi connectivity index (χ1n) is 9.44. The van der Waals surface area contributed by atoms with Crippen LogP contribution in [0.4, 0.5) is 5.69 Å². The van der Waals surface area contributed by atoms with Gasteiger partial charge in [-0.1, -0.05) is 36.4 Å². The van der Waals surface area contributed by atoms with E-state index in [9.17, 15) is 14.7 Å². The normalized spacial score (nSPS) is 11.2. The zero-order valence-corrected chi connectivity index (χ0v) is 17.7. The van der Waals surface area contributed by atoms with Crippen molar-refractivity contribution in [3.05, 3.63) is 65.7 Å². The number of aromatic carboxylic acids is 1. The van der Waals surface area contributed by atoms with Crippen LogP contribution in [0, 0.1) is 0 Å². The minimum absolute atomic E-state index is 0.0137. The molecule has 3 rings (SSSR count). The van der Waals surface area contributed by atoms with Gasteiger partial charge in [0.2, 0.25) is 11.7 Å². The van der Waals surface area contributed by atoms with E-state index in [2.05, 4.69) is 5.32 Å². The summed E-state index contributed by atoms with van der Waals surface area (Å²) in [6.07, 6.45) is 1.41. The zero-order chi connectivity index (χ0) is 22.5. The van der Waals surface area contributed by atoms with E-state index >= 15 is 0 Å². The highest BCUT2D eigenvalue weighted by Gasteiger charge is 2.25. The van der Waals surface area contributed by atoms with Gasteiger partial charge >= 0.3 is 5.97 Å². The molecule has 0 aliphatic carbocycles. The molecule has 7 heteroatoms. The van der Waals surface area contributed by atoms with Crippen LogP contribution in [0.25, 0.3) is 16.3 Å². The number of methoxy groups -OCH3 is 3. The molecule has 1 amide bonds. The summed E-state index contributed by atoms with van der Waals surface area (Å²) in [5.74, 6) is -1.33. The number of carboxylic acid groups (broad SMARTS) is 1. The van der Waals surface area contributed by atoms with Gasteiger partial charge in [0.05, 0.1) is 26.9 Å². The number of hydrogen-bond acceptors (Lipinski definition) is 5. The maximum atomic E-state index is 12.7. The Hall–Kier alpha value is -4.00. The van der Waals surface area contributed by atoms with Crippen molar-refractivity contribution in [2.45, 2.75) is 6.92 Å². The monoisotopic (exact) mass is 421 g/mol. The molecule has 7 nitrogen and oxygen atoms in total. The second-order valence-electron chi connectivity index (χ2n) is 6.75. The topological polar surface area (TPSA) is 94.1 Å². The summed E-state index contributed by atoms with van der Waals surface area (Å²) >= 11 is 0. The molecular weight excluding hydrogens is 398 g/mol. The molecule has 0 unspecified atom stereocenters. The predicted octanol–water partition coefficient (Wildman–Crippen LogP) is 4.61. The van der Waals surface area contributed by atoms with Crippen molar-refractivity contribution in [3.63, 3.8) is 0 Å². The van der Waals surface area contributed by atoms with Crippen molar-refractivity contribution in [1.29, 1.82) is 0 Å². The average molecular weight is 421 g/mol. The Bertz CT molecular complexity index is 1180. The molecule has 3 aromatic rings. The number of carboxylic acids is 1. The van der Waals surface area contributed by atoms with E-state index in [0.717, 1.165) is 21.9 Å². The van der Waals surface area contributed by atoms with Crippen LogP contribution in [0.1, 0.15) is 22.8 Å². The minimum Gasteiger partial charge on any atom is -0.493 e. The van der Waals surface area contributed by atoms with Crippen molar-refractivity contribution in [2.24, 2.45) is 0 Å². The number of carbonyl (C=O) groups is 2. The summed E-state index contributed by atoms with van der Waals surface area (Å²) in [6.45, 7) is 1.81. The van der Waals surface area contributed by atoms with Crippen molar-refractivity contribution in [3.8, 4) is 17.2 Å². The third-order valence-corrected chi connectivity index (χ3v) is 4.86. The smallest absolute Gasteiger partial charge is 0.338 e. The molecule has 0 bridgehead atoms. The van der Waals surface area contributed by atoms with E-state index < -0.39 is 11.9 Å². The molecule has 0 aliphatic heterocycles. The maximum Gasteiger partial charge on any atom is 0.338 e. The van der Waals surface area contributed by atoms with Gasteiger partial charge in [0.15, 0.2) is 11.5 Å². The van der Waals surface area contributed by atoms with Gasteiger partial charge in [-0.05, 0) is 34.9 Å². The van der Waals surface area contributed by atoms with Crippen LogP contribution in [0.5, 0.6) is 17.2 Å². The molecule has 0 spiro atoms. The second-order valence-corrected chi connectivity index (χ2v) is 6.75. The molecule has 0 aromatic heterocycles. The number of hydrogen-bond donors (Lipinski definition) is 2. The van der Waals surface area contributed by atoms with Crippen LogP contribution in [0.2, 0.25) is 0 Å². The van der Waals surface area contributed by atoms with E-state index in [1.54, 1.807) is 0 Å². The number of anilines is 1. The van der Waals surface area contributed by atoms with Gasteiger partial charge in [0.25, 0.3) is 0 Å². The second kappa shape index (κ2) is 9.21. The van der Waals surface area contributed by atoms with Crippen LogP contribution in [-0.4, -0.2) is 38.3 Å². The molecule has 160 valence electrons. The van der Waals surface area contributed by atoms with Crippen LogP contribution in [0.3, 0.4) is 0 Å². The summed E-state index contributed by atoms with van der Waals surface area (Å²) in [7, 11) is 4.14. The summed E-state index contributed by atoms with van der Waals surface area (Å²) in [6, 6.07) is 15.1. The van der Waals surface area contributed by atoms with Crippen molar-refractivity contribution < 1.29 is 28.9 Å². The standard InChI is InChI=1S/C24H23NO6/c1-14(16-10-9-15-7-5-6-8-17(15)12-16)11-20(26)25-21-18(24(27)28)13-19(29-2)22(30-3)23(21)31-4/h5-13H,1-4H3,(H,25,26)(H,27,28)/b14-11-. The lowest BCUT2D eigenvalue weighted by Crippen LogP contribution is -2.14. The first-order valence-corrected chi connectivity index (χ1v) is 9.44. The van der Waals surface area contributed by atoms with Gasteiger partial charge < -0.3 is 24.6 Å². The van der Waals surface area contributed by atoms with Gasteiger partial charge in [-0.3, -0.25) is 4.79 Å². The van der Waals surface area contributed by atoms with Gasteiger partial charge in [-0.15, -0.1) is 0 Å². The fourth-order valence-corrected chi connectivity index (χ4v) is 3.32. The number of amides is 1. The van der Waals surface area contributed by atoms with Gasteiger partial charge in [0, 0.05) is 12.1 Å². The predicted molar refractivity (Wildman–Crippen MR) is 119 cm³/mol. The molecule has 0 heterocycles. The van der Waals surface area contributed by atoms with Crippen LogP contribution >= 0.6 is 0 Å². The molecule has 0 saturated carbocycles. The third kappa shape index (κ3) is 4.45. The fourth-order valence-electron chi connectivity index (χ4n) is 3.32. The number of rotatable bonds is 7.